The highest BCUT2D eigenvalue weighted by molar-refractivity contribution is 7.81. The van der Waals surface area contributed by atoms with E-state index in [9.17, 15) is 5.11 Å². The number of thiocarbonyl (C=S) groups is 1. The van der Waals surface area contributed by atoms with Crippen LogP contribution in [0.4, 0.5) is 5.69 Å². The maximum Gasteiger partial charge on any atom is 0.238 e. The lowest BCUT2D eigenvalue weighted by molar-refractivity contribution is -0.577. The van der Waals surface area contributed by atoms with Gasteiger partial charge in [0, 0.05) is 33.3 Å². The Hall–Kier alpha value is -2.92. The Morgan fingerprint density at radius 3 is 2.40 bits per heavy atom. The largest absolute Gasteiger partial charge is 0.867 e. The van der Waals surface area contributed by atoms with E-state index in [1.165, 1.54) is 0 Å². The molecule has 6 heteroatoms. The molecule has 0 bridgehead atoms. The normalized spacial score (nSPS) is 11.8. The van der Waals surface area contributed by atoms with E-state index < -0.39 is 0 Å². The Bertz CT molecular complexity index is 1270. The van der Waals surface area contributed by atoms with Gasteiger partial charge >= 0.3 is 0 Å². The fraction of sp³-hybridized carbons (Fsp3) is 0. The van der Waals surface area contributed by atoms with Crippen LogP contribution >= 0.6 is 35.4 Å². The van der Waals surface area contributed by atoms with Crippen LogP contribution < -0.4 is 15.0 Å². The van der Waals surface area contributed by atoms with Crippen molar-refractivity contribution in [3.63, 3.8) is 0 Å². The van der Waals surface area contributed by atoms with Gasteiger partial charge < -0.3 is 10.4 Å². The molecule has 0 saturated heterocycles. The highest BCUT2D eigenvalue weighted by atomic mass is 35.5. The predicted octanol–water partition coefficient (Wildman–Crippen LogP) is 5.56. The smallest absolute Gasteiger partial charge is 0.238 e. The summed E-state index contributed by atoms with van der Waals surface area (Å²) in [6.45, 7) is 0. The summed E-state index contributed by atoms with van der Waals surface area (Å²) in [5.74, 6) is -0.323. The van der Waals surface area contributed by atoms with E-state index in [0.717, 1.165) is 16.5 Å². The summed E-state index contributed by atoms with van der Waals surface area (Å²) < 4.78 is 1.68. The van der Waals surface area contributed by atoms with Crippen LogP contribution in [-0.2, 0) is 0 Å². The lowest BCUT2D eigenvalue weighted by atomic mass is 10.1. The summed E-state index contributed by atoms with van der Waals surface area (Å²) in [5.41, 5.74) is 1.39. The first kappa shape index (κ1) is 20.4. The summed E-state index contributed by atoms with van der Waals surface area (Å²) in [6, 6.07) is 24.2. The van der Waals surface area contributed by atoms with E-state index in [1.807, 2.05) is 60.7 Å². The van der Waals surface area contributed by atoms with Gasteiger partial charge in [-0.25, -0.2) is 0 Å². The number of hydrogen-bond acceptors (Lipinski definition) is 2. The number of hydrogen-bond donors (Lipinski definition) is 1. The molecule has 0 amide bonds. The van der Waals surface area contributed by atoms with Gasteiger partial charge in [0.15, 0.2) is 17.4 Å². The van der Waals surface area contributed by atoms with Crippen LogP contribution in [-0.4, -0.2) is 4.99 Å². The number of nitrogens with zero attached hydrogens (tertiary/aromatic N) is 1. The third-order valence-corrected chi connectivity index (χ3v) is 5.47. The molecular formula is C24H16Cl2N2OS. The summed E-state index contributed by atoms with van der Waals surface area (Å²) in [6.07, 6.45) is 3.53. The predicted molar refractivity (Wildman–Crippen MR) is 126 cm³/mol. The maximum absolute atomic E-state index is 13.5. The molecule has 0 unspecified atom stereocenters. The lowest BCUT2D eigenvalue weighted by Crippen LogP contribution is -2.39. The topological polar surface area (TPSA) is 39.0 Å². The third kappa shape index (κ3) is 4.17. The monoisotopic (exact) mass is 450 g/mol. The molecule has 0 atom stereocenters. The second-order valence-corrected chi connectivity index (χ2v) is 7.82. The van der Waals surface area contributed by atoms with E-state index in [4.69, 9.17) is 35.4 Å². The zero-order valence-electron chi connectivity index (χ0n) is 15.7. The molecule has 0 aliphatic rings. The van der Waals surface area contributed by atoms with Crippen molar-refractivity contribution in [3.8, 4) is 0 Å². The molecule has 1 aromatic heterocycles. The van der Waals surface area contributed by atoms with E-state index in [-0.39, 0.29) is 22.0 Å². The van der Waals surface area contributed by atoms with Crippen molar-refractivity contribution >= 4 is 68.3 Å². The molecule has 0 aliphatic carbocycles. The molecule has 0 radical (unpaired) electrons. The summed E-state index contributed by atoms with van der Waals surface area (Å²) in [5, 5.41) is 19.5. The fourth-order valence-corrected chi connectivity index (χ4v) is 3.88. The van der Waals surface area contributed by atoms with Crippen molar-refractivity contribution in [3.05, 3.63) is 107 Å². The maximum atomic E-state index is 13.5. The van der Waals surface area contributed by atoms with Crippen molar-refractivity contribution in [1.29, 1.82) is 0 Å². The number of nitrogens with one attached hydrogen (secondary N) is 1. The molecule has 0 spiro atoms. The number of fused-ring (bicyclic) bond motifs is 1. The minimum atomic E-state index is -0.323. The first-order valence-corrected chi connectivity index (χ1v) is 10.3. The molecule has 0 aliphatic heterocycles. The molecule has 1 N–H and O–H groups in total. The summed E-state index contributed by atoms with van der Waals surface area (Å²) in [7, 11) is 0. The van der Waals surface area contributed by atoms with Gasteiger partial charge in [-0.3, -0.25) is 0 Å². The van der Waals surface area contributed by atoms with Crippen LogP contribution in [0.3, 0.4) is 0 Å². The number of pyridine rings is 1. The van der Waals surface area contributed by atoms with Gasteiger partial charge in [-0.2, -0.15) is 4.57 Å². The number of halogens is 2. The molecule has 148 valence electrons. The zero-order valence-corrected chi connectivity index (χ0v) is 18.0. The number of benzene rings is 3. The van der Waals surface area contributed by atoms with Gasteiger partial charge in [-0.1, -0.05) is 77.9 Å². The molecule has 0 saturated carbocycles. The van der Waals surface area contributed by atoms with Crippen molar-refractivity contribution in [1.82, 2.24) is 0 Å². The second kappa shape index (κ2) is 8.84. The minimum absolute atomic E-state index is 0.280. The van der Waals surface area contributed by atoms with E-state index in [1.54, 1.807) is 35.2 Å². The van der Waals surface area contributed by atoms with E-state index in [2.05, 4.69) is 5.32 Å². The van der Waals surface area contributed by atoms with Crippen molar-refractivity contribution in [2.45, 2.75) is 0 Å². The van der Waals surface area contributed by atoms with Crippen LogP contribution in [0, 0.1) is 0 Å². The van der Waals surface area contributed by atoms with Crippen LogP contribution in [0.5, 0.6) is 0 Å². The van der Waals surface area contributed by atoms with Crippen LogP contribution in [0.2, 0.25) is 10.0 Å². The minimum Gasteiger partial charge on any atom is -0.867 e. The van der Waals surface area contributed by atoms with Crippen molar-refractivity contribution in [2.24, 2.45) is 0 Å². The van der Waals surface area contributed by atoms with Crippen molar-refractivity contribution < 1.29 is 9.67 Å². The molecule has 4 aromatic rings. The van der Waals surface area contributed by atoms with Crippen LogP contribution in [0.25, 0.3) is 22.2 Å². The Kier molecular flexibility index (Phi) is 6.00. The molecule has 3 aromatic carbocycles. The Labute approximate surface area is 189 Å². The highest BCUT2D eigenvalue weighted by Crippen LogP contribution is 2.28. The number of rotatable bonds is 4. The van der Waals surface area contributed by atoms with Gasteiger partial charge in [0.05, 0.1) is 0 Å². The van der Waals surface area contributed by atoms with Crippen molar-refractivity contribution in [2.75, 3.05) is 5.32 Å². The average Bonchev–Trinajstić information content (AvgIpc) is 2.76. The molecule has 30 heavy (non-hydrogen) atoms. The number of anilines is 1. The first-order valence-electron chi connectivity index (χ1n) is 9.17. The average molecular weight is 451 g/mol. The van der Waals surface area contributed by atoms with Crippen LogP contribution in [0.1, 0.15) is 5.56 Å². The van der Waals surface area contributed by atoms with Gasteiger partial charge in [0.1, 0.15) is 0 Å². The third-order valence-electron chi connectivity index (χ3n) is 4.61. The highest BCUT2D eigenvalue weighted by Gasteiger charge is 2.20. The molecule has 4 rings (SSSR count). The SMILES string of the molecule is [O-]/C(=C(\C(=S)Nc1cccc2ccccc12)[n+]1ccccc1)c1cc(Cl)ccc1Cl. The molecule has 0 fully saturated rings. The van der Waals surface area contributed by atoms with Crippen LogP contribution in [0.15, 0.2) is 91.3 Å². The lowest BCUT2D eigenvalue weighted by Gasteiger charge is -2.18. The second-order valence-electron chi connectivity index (χ2n) is 6.57. The van der Waals surface area contributed by atoms with Gasteiger partial charge in [0.25, 0.3) is 0 Å². The summed E-state index contributed by atoms with van der Waals surface area (Å²) >= 11 is 18.1. The Morgan fingerprint density at radius 2 is 1.60 bits per heavy atom. The van der Waals surface area contributed by atoms with Gasteiger partial charge in [-0.05, 0) is 41.0 Å². The van der Waals surface area contributed by atoms with Gasteiger partial charge in [0.2, 0.25) is 5.70 Å². The Balaban J connectivity index is 1.84. The molecule has 3 nitrogen and oxygen atoms in total. The quantitative estimate of drug-likeness (QED) is 0.191. The standard InChI is InChI=1S/C24H16Cl2N2OS/c25-17-11-12-20(26)19(15-17)23(29)22(28-13-4-1-5-14-28)24(30)27-21-10-6-8-16-7-2-3-9-18(16)21/h1-15H,(H-,27,29,30). The zero-order chi connectivity index (χ0) is 21.1. The molecule has 1 heterocycles. The molecular weight excluding hydrogens is 435 g/mol. The fourth-order valence-electron chi connectivity index (χ4n) is 3.20. The van der Waals surface area contributed by atoms with E-state index in [0.29, 0.717) is 10.0 Å². The number of aromatic nitrogens is 1. The Morgan fingerprint density at radius 1 is 0.867 bits per heavy atom. The van der Waals surface area contributed by atoms with Gasteiger partial charge in [-0.15, -0.1) is 0 Å². The summed E-state index contributed by atoms with van der Waals surface area (Å²) in [4.78, 5) is 0.281. The van der Waals surface area contributed by atoms with E-state index >= 15 is 0 Å². The first-order chi connectivity index (χ1) is 14.5.